The molecule has 0 aliphatic carbocycles. The summed E-state index contributed by atoms with van der Waals surface area (Å²) >= 11 is 5.72. The highest BCUT2D eigenvalue weighted by molar-refractivity contribution is 6.32. The number of aryl methyl sites for hydroxylation is 1. The zero-order valence-corrected chi connectivity index (χ0v) is 10.8. The maximum Gasteiger partial charge on any atom is 0.255 e. The van der Waals surface area contributed by atoms with Gasteiger partial charge in [0.25, 0.3) is 5.91 Å². The number of hydrogen-bond donors (Lipinski definition) is 2. The van der Waals surface area contributed by atoms with Crippen LogP contribution in [0, 0.1) is 12.7 Å². The second-order valence-corrected chi connectivity index (χ2v) is 4.54. The Morgan fingerprint density at radius 1 is 1.26 bits per heavy atom. The van der Waals surface area contributed by atoms with E-state index in [0.29, 0.717) is 11.3 Å². The molecule has 2 aromatic carbocycles. The molecule has 2 N–H and O–H groups in total. The summed E-state index contributed by atoms with van der Waals surface area (Å²) in [4.78, 5) is 11.9. The van der Waals surface area contributed by atoms with Crippen molar-refractivity contribution in [2.24, 2.45) is 0 Å². The predicted molar refractivity (Wildman–Crippen MR) is 72.2 cm³/mol. The minimum atomic E-state index is -0.424. The smallest absolute Gasteiger partial charge is 0.255 e. The Morgan fingerprint density at radius 2 is 2.00 bits per heavy atom. The van der Waals surface area contributed by atoms with Gasteiger partial charge in [-0.1, -0.05) is 11.6 Å². The van der Waals surface area contributed by atoms with Crippen LogP contribution in [0.15, 0.2) is 36.4 Å². The van der Waals surface area contributed by atoms with Gasteiger partial charge in [0, 0.05) is 11.3 Å². The molecular weight excluding hydrogens is 269 g/mol. The minimum Gasteiger partial charge on any atom is -0.506 e. The number of aromatic hydroxyl groups is 1. The van der Waals surface area contributed by atoms with E-state index in [0.717, 1.165) is 0 Å². The van der Waals surface area contributed by atoms with Crippen molar-refractivity contribution < 1.29 is 14.3 Å². The van der Waals surface area contributed by atoms with Crippen LogP contribution in [0.4, 0.5) is 10.1 Å². The number of halogens is 2. The van der Waals surface area contributed by atoms with Crippen LogP contribution >= 0.6 is 11.6 Å². The number of carbonyl (C=O) groups excluding carboxylic acids is 1. The lowest BCUT2D eigenvalue weighted by atomic mass is 10.1. The monoisotopic (exact) mass is 279 g/mol. The van der Waals surface area contributed by atoms with Crippen molar-refractivity contribution in [2.45, 2.75) is 6.92 Å². The molecule has 2 aromatic rings. The Kier molecular flexibility index (Phi) is 3.71. The van der Waals surface area contributed by atoms with Gasteiger partial charge in [0.2, 0.25) is 0 Å². The zero-order valence-electron chi connectivity index (χ0n) is 10.1. The van der Waals surface area contributed by atoms with Gasteiger partial charge in [-0.2, -0.15) is 0 Å². The van der Waals surface area contributed by atoms with E-state index >= 15 is 0 Å². The Hall–Kier alpha value is -2.07. The highest BCUT2D eigenvalue weighted by atomic mass is 35.5. The van der Waals surface area contributed by atoms with E-state index in [2.05, 4.69) is 5.32 Å². The molecule has 0 saturated carbocycles. The van der Waals surface area contributed by atoms with Crippen LogP contribution in [-0.4, -0.2) is 11.0 Å². The molecule has 0 spiro atoms. The van der Waals surface area contributed by atoms with E-state index in [1.165, 1.54) is 30.3 Å². The molecule has 19 heavy (non-hydrogen) atoms. The van der Waals surface area contributed by atoms with Crippen LogP contribution < -0.4 is 5.32 Å². The number of carbonyl (C=O) groups is 1. The Bertz CT molecular complexity index is 623. The van der Waals surface area contributed by atoms with Crippen molar-refractivity contribution in [3.05, 3.63) is 58.4 Å². The number of phenolic OH excluding ortho intramolecular Hbond substituents is 1. The van der Waals surface area contributed by atoms with Crippen molar-refractivity contribution in [1.82, 2.24) is 0 Å². The molecule has 0 aliphatic heterocycles. The van der Waals surface area contributed by atoms with Crippen molar-refractivity contribution >= 4 is 23.2 Å². The van der Waals surface area contributed by atoms with Gasteiger partial charge >= 0.3 is 0 Å². The fourth-order valence-electron chi connectivity index (χ4n) is 1.66. The summed E-state index contributed by atoms with van der Waals surface area (Å²) < 4.78 is 13.2. The quantitative estimate of drug-likeness (QED) is 0.880. The fraction of sp³-hybridized carbons (Fsp3) is 0.0714. The second kappa shape index (κ2) is 5.28. The summed E-state index contributed by atoms with van der Waals surface area (Å²) in [6, 6.07) is 8.36. The number of nitrogens with one attached hydrogen (secondary N) is 1. The summed E-state index contributed by atoms with van der Waals surface area (Å²) in [5.74, 6) is -0.939. The maximum atomic E-state index is 13.2. The predicted octanol–water partition coefficient (Wildman–Crippen LogP) is 3.75. The molecule has 2 rings (SSSR count). The third-order valence-corrected chi connectivity index (χ3v) is 2.81. The van der Waals surface area contributed by atoms with E-state index in [1.807, 2.05) is 0 Å². The minimum absolute atomic E-state index is 0.0862. The van der Waals surface area contributed by atoms with E-state index in [1.54, 1.807) is 13.0 Å². The molecule has 1 amide bonds. The van der Waals surface area contributed by atoms with Gasteiger partial charge in [-0.3, -0.25) is 4.79 Å². The Balaban J connectivity index is 2.22. The maximum absolute atomic E-state index is 13.2. The van der Waals surface area contributed by atoms with Crippen LogP contribution in [-0.2, 0) is 0 Å². The molecule has 0 bridgehead atoms. The second-order valence-electron chi connectivity index (χ2n) is 4.14. The lowest BCUT2D eigenvalue weighted by Gasteiger charge is -2.07. The number of phenols is 1. The van der Waals surface area contributed by atoms with E-state index in [4.69, 9.17) is 11.6 Å². The number of benzene rings is 2. The lowest BCUT2D eigenvalue weighted by Crippen LogP contribution is -2.12. The zero-order chi connectivity index (χ0) is 14.0. The third-order valence-electron chi connectivity index (χ3n) is 2.51. The van der Waals surface area contributed by atoms with Crippen LogP contribution in [0.3, 0.4) is 0 Å². The summed E-state index contributed by atoms with van der Waals surface area (Å²) in [7, 11) is 0. The molecule has 5 heteroatoms. The van der Waals surface area contributed by atoms with Crippen molar-refractivity contribution in [2.75, 3.05) is 5.32 Å². The number of hydrogen-bond acceptors (Lipinski definition) is 2. The molecule has 3 nitrogen and oxygen atoms in total. The number of amides is 1. The first-order valence-electron chi connectivity index (χ1n) is 5.53. The highest BCUT2D eigenvalue weighted by Gasteiger charge is 2.09. The first kappa shape index (κ1) is 13.4. The van der Waals surface area contributed by atoms with Gasteiger partial charge < -0.3 is 10.4 Å². The SMILES string of the molecule is Cc1cc(F)cc(NC(=O)c2ccc(O)c(Cl)c2)c1. The van der Waals surface area contributed by atoms with E-state index < -0.39 is 11.7 Å². The summed E-state index contributed by atoms with van der Waals surface area (Å²) in [5.41, 5.74) is 1.36. The van der Waals surface area contributed by atoms with Crippen LogP contribution in [0.2, 0.25) is 5.02 Å². The normalized spacial score (nSPS) is 10.3. The average molecular weight is 280 g/mol. The summed E-state index contributed by atoms with van der Waals surface area (Å²) in [6.45, 7) is 1.73. The number of rotatable bonds is 2. The molecule has 0 fully saturated rings. The topological polar surface area (TPSA) is 49.3 Å². The Labute approximate surface area is 114 Å². The first-order valence-corrected chi connectivity index (χ1v) is 5.90. The molecule has 0 aromatic heterocycles. The molecule has 0 radical (unpaired) electrons. The standard InChI is InChI=1S/C14H11ClFNO2/c1-8-4-10(16)7-11(5-8)17-14(19)9-2-3-13(18)12(15)6-9/h2-7,18H,1H3,(H,17,19). The third kappa shape index (κ3) is 3.23. The van der Waals surface area contributed by atoms with E-state index in [-0.39, 0.29) is 16.3 Å². The Morgan fingerprint density at radius 3 is 2.63 bits per heavy atom. The molecule has 0 heterocycles. The summed E-state index contributed by atoms with van der Waals surface area (Å²) in [5, 5.41) is 11.9. The van der Waals surface area contributed by atoms with Gasteiger partial charge in [-0.25, -0.2) is 4.39 Å². The molecule has 0 saturated heterocycles. The summed E-state index contributed by atoms with van der Waals surface area (Å²) in [6.07, 6.45) is 0. The molecule has 98 valence electrons. The highest BCUT2D eigenvalue weighted by Crippen LogP contribution is 2.24. The van der Waals surface area contributed by atoms with Gasteiger partial charge in [0.05, 0.1) is 5.02 Å². The molecular formula is C14H11ClFNO2. The number of anilines is 1. The van der Waals surface area contributed by atoms with Crippen molar-refractivity contribution in [1.29, 1.82) is 0 Å². The molecule has 0 atom stereocenters. The van der Waals surface area contributed by atoms with Gasteiger partial charge in [0.15, 0.2) is 0 Å². The van der Waals surface area contributed by atoms with Gasteiger partial charge in [-0.05, 0) is 48.9 Å². The fourth-order valence-corrected chi connectivity index (χ4v) is 1.84. The van der Waals surface area contributed by atoms with E-state index in [9.17, 15) is 14.3 Å². The van der Waals surface area contributed by atoms with Crippen LogP contribution in [0.25, 0.3) is 0 Å². The first-order chi connectivity index (χ1) is 8.95. The largest absolute Gasteiger partial charge is 0.506 e. The van der Waals surface area contributed by atoms with Crippen molar-refractivity contribution in [3.63, 3.8) is 0 Å². The van der Waals surface area contributed by atoms with Crippen molar-refractivity contribution in [3.8, 4) is 5.75 Å². The average Bonchev–Trinajstić information content (AvgIpc) is 2.31. The molecule has 0 aliphatic rings. The van der Waals surface area contributed by atoms with Crippen LogP contribution in [0.1, 0.15) is 15.9 Å². The van der Waals surface area contributed by atoms with Crippen LogP contribution in [0.5, 0.6) is 5.75 Å². The lowest BCUT2D eigenvalue weighted by molar-refractivity contribution is 0.102. The molecule has 0 unspecified atom stereocenters. The van der Waals surface area contributed by atoms with Gasteiger partial charge in [0.1, 0.15) is 11.6 Å². The van der Waals surface area contributed by atoms with Gasteiger partial charge in [-0.15, -0.1) is 0 Å².